The van der Waals surface area contributed by atoms with Gasteiger partial charge in [0.25, 0.3) is 0 Å². The minimum atomic E-state index is -0.329. The highest BCUT2D eigenvalue weighted by atomic mass is 16.5. The number of aldehydes is 1. The van der Waals surface area contributed by atoms with Crippen LogP contribution >= 0.6 is 0 Å². The number of nitrogens with zero attached hydrogens (tertiary/aromatic N) is 1. The molecule has 0 N–H and O–H groups in total. The molecule has 86 valence electrons. The molecule has 2 aliphatic rings. The average Bonchev–Trinajstić information content (AvgIpc) is 2.28. The van der Waals surface area contributed by atoms with Crippen molar-refractivity contribution >= 4 is 6.29 Å². The van der Waals surface area contributed by atoms with Crippen LogP contribution in [0.15, 0.2) is 0 Å². The summed E-state index contributed by atoms with van der Waals surface area (Å²) in [4.78, 5) is 13.5. The van der Waals surface area contributed by atoms with E-state index in [0.29, 0.717) is 12.1 Å². The second-order valence-corrected chi connectivity index (χ2v) is 5.23. The number of rotatable bonds is 2. The Balaban J connectivity index is 2.13. The summed E-state index contributed by atoms with van der Waals surface area (Å²) >= 11 is 0. The molecular weight excluding hydrogens is 190 g/mol. The van der Waals surface area contributed by atoms with Crippen LogP contribution < -0.4 is 0 Å². The number of hydrogen-bond donors (Lipinski definition) is 0. The Morgan fingerprint density at radius 1 is 1.33 bits per heavy atom. The molecule has 0 aromatic rings. The lowest BCUT2D eigenvalue weighted by molar-refractivity contribution is -0.137. The number of hydrogen-bond acceptors (Lipinski definition) is 3. The van der Waals surface area contributed by atoms with Gasteiger partial charge in [0.2, 0.25) is 0 Å². The molecule has 0 bridgehead atoms. The Morgan fingerprint density at radius 3 is 2.80 bits per heavy atom. The first-order valence-electron chi connectivity index (χ1n) is 6.00. The van der Waals surface area contributed by atoms with E-state index in [1.54, 1.807) is 0 Å². The third-order valence-corrected chi connectivity index (χ3v) is 3.76. The van der Waals surface area contributed by atoms with Crippen molar-refractivity contribution in [1.82, 2.24) is 4.90 Å². The highest BCUT2D eigenvalue weighted by molar-refractivity contribution is 5.62. The van der Waals surface area contributed by atoms with E-state index < -0.39 is 0 Å². The topological polar surface area (TPSA) is 29.5 Å². The molecule has 2 atom stereocenters. The summed E-state index contributed by atoms with van der Waals surface area (Å²) in [5.41, 5.74) is -0.329. The van der Waals surface area contributed by atoms with Crippen molar-refractivity contribution in [2.75, 3.05) is 13.2 Å². The first-order valence-corrected chi connectivity index (χ1v) is 6.00. The molecule has 0 aromatic carbocycles. The molecule has 1 aliphatic carbocycles. The Labute approximate surface area is 91.8 Å². The van der Waals surface area contributed by atoms with Crippen molar-refractivity contribution in [3.05, 3.63) is 0 Å². The van der Waals surface area contributed by atoms with Crippen LogP contribution in [0.5, 0.6) is 0 Å². The van der Waals surface area contributed by atoms with Crippen molar-refractivity contribution in [2.45, 2.75) is 57.2 Å². The normalized spacial score (nSPS) is 33.5. The smallest absolute Gasteiger partial charge is 0.139 e. The number of carbonyl (C=O) groups is 1. The number of morpholine rings is 1. The van der Waals surface area contributed by atoms with E-state index in [2.05, 4.69) is 4.90 Å². The zero-order valence-corrected chi connectivity index (χ0v) is 9.74. The number of fused-ring (bicyclic) bond motifs is 1. The fraction of sp³-hybridized carbons (Fsp3) is 0.917. The number of carbonyl (C=O) groups excluding carboxylic acids is 1. The SMILES string of the molecule is CC(C)(C=O)N1CCOC2CCCCC21. The predicted molar refractivity (Wildman–Crippen MR) is 58.8 cm³/mol. The summed E-state index contributed by atoms with van der Waals surface area (Å²) in [7, 11) is 0. The summed E-state index contributed by atoms with van der Waals surface area (Å²) in [6.45, 7) is 5.69. The average molecular weight is 211 g/mol. The fourth-order valence-corrected chi connectivity index (χ4v) is 2.88. The first kappa shape index (κ1) is 11.1. The molecule has 2 rings (SSSR count). The largest absolute Gasteiger partial charge is 0.375 e. The maximum absolute atomic E-state index is 11.1. The minimum absolute atomic E-state index is 0.329. The second-order valence-electron chi connectivity index (χ2n) is 5.23. The van der Waals surface area contributed by atoms with Gasteiger partial charge in [0.15, 0.2) is 0 Å². The lowest BCUT2D eigenvalue weighted by Crippen LogP contribution is -2.60. The van der Waals surface area contributed by atoms with Crippen LogP contribution in [0.25, 0.3) is 0 Å². The van der Waals surface area contributed by atoms with E-state index in [9.17, 15) is 4.79 Å². The van der Waals surface area contributed by atoms with Crippen LogP contribution in [0.4, 0.5) is 0 Å². The van der Waals surface area contributed by atoms with Crippen LogP contribution in [0.2, 0.25) is 0 Å². The quantitative estimate of drug-likeness (QED) is 0.650. The predicted octanol–water partition coefficient (Wildman–Crippen LogP) is 1.61. The molecule has 2 fully saturated rings. The van der Waals surface area contributed by atoms with E-state index in [1.165, 1.54) is 19.3 Å². The molecule has 3 nitrogen and oxygen atoms in total. The highest BCUT2D eigenvalue weighted by Crippen LogP contribution is 2.32. The van der Waals surface area contributed by atoms with Gasteiger partial charge in [-0.2, -0.15) is 0 Å². The van der Waals surface area contributed by atoms with E-state index >= 15 is 0 Å². The zero-order chi connectivity index (χ0) is 10.9. The van der Waals surface area contributed by atoms with Gasteiger partial charge >= 0.3 is 0 Å². The van der Waals surface area contributed by atoms with Crippen LogP contribution in [0.3, 0.4) is 0 Å². The van der Waals surface area contributed by atoms with Gasteiger partial charge in [-0.15, -0.1) is 0 Å². The third kappa shape index (κ3) is 2.08. The minimum Gasteiger partial charge on any atom is -0.375 e. The third-order valence-electron chi connectivity index (χ3n) is 3.76. The standard InChI is InChI=1S/C12H21NO2/c1-12(2,9-14)13-7-8-15-11-6-4-3-5-10(11)13/h9-11H,3-8H2,1-2H3. The molecule has 15 heavy (non-hydrogen) atoms. The summed E-state index contributed by atoms with van der Waals surface area (Å²) in [6.07, 6.45) is 6.33. The van der Waals surface area contributed by atoms with Gasteiger partial charge in [0, 0.05) is 12.6 Å². The zero-order valence-electron chi connectivity index (χ0n) is 9.74. The van der Waals surface area contributed by atoms with Gasteiger partial charge in [-0.25, -0.2) is 0 Å². The summed E-state index contributed by atoms with van der Waals surface area (Å²) in [5, 5.41) is 0. The molecule has 0 amide bonds. The van der Waals surface area contributed by atoms with Gasteiger partial charge < -0.3 is 9.53 Å². The fourth-order valence-electron chi connectivity index (χ4n) is 2.88. The van der Waals surface area contributed by atoms with Crippen LogP contribution in [-0.2, 0) is 9.53 Å². The maximum atomic E-state index is 11.1. The molecule has 0 aromatic heterocycles. The van der Waals surface area contributed by atoms with E-state index in [4.69, 9.17) is 4.74 Å². The van der Waals surface area contributed by atoms with Gasteiger partial charge in [-0.1, -0.05) is 12.8 Å². The molecule has 0 radical (unpaired) electrons. The first-order chi connectivity index (χ1) is 7.15. The Morgan fingerprint density at radius 2 is 2.07 bits per heavy atom. The monoisotopic (exact) mass is 211 g/mol. The van der Waals surface area contributed by atoms with Crippen LogP contribution in [0.1, 0.15) is 39.5 Å². The van der Waals surface area contributed by atoms with Crippen molar-refractivity contribution in [3.8, 4) is 0 Å². The molecule has 1 saturated carbocycles. The molecule has 2 unspecified atom stereocenters. The second kappa shape index (κ2) is 4.22. The molecule has 3 heteroatoms. The number of ether oxygens (including phenoxy) is 1. The highest BCUT2D eigenvalue weighted by Gasteiger charge is 2.40. The van der Waals surface area contributed by atoms with E-state index in [1.807, 2.05) is 13.8 Å². The molecule has 1 aliphatic heterocycles. The van der Waals surface area contributed by atoms with Crippen LogP contribution in [-0.4, -0.2) is 42.0 Å². The van der Waals surface area contributed by atoms with Gasteiger partial charge in [0.1, 0.15) is 6.29 Å². The van der Waals surface area contributed by atoms with Gasteiger partial charge in [-0.05, 0) is 26.7 Å². The van der Waals surface area contributed by atoms with Crippen molar-refractivity contribution < 1.29 is 9.53 Å². The van der Waals surface area contributed by atoms with Gasteiger partial charge in [-0.3, -0.25) is 4.90 Å². The Kier molecular flexibility index (Phi) is 3.12. The van der Waals surface area contributed by atoms with E-state index in [-0.39, 0.29) is 5.54 Å². The molecule has 0 spiro atoms. The summed E-state index contributed by atoms with van der Waals surface area (Å²) < 4.78 is 5.79. The Hall–Kier alpha value is -0.410. The summed E-state index contributed by atoms with van der Waals surface area (Å²) in [5.74, 6) is 0. The Bertz CT molecular complexity index is 238. The maximum Gasteiger partial charge on any atom is 0.139 e. The van der Waals surface area contributed by atoms with E-state index in [0.717, 1.165) is 25.9 Å². The van der Waals surface area contributed by atoms with Crippen LogP contribution in [0, 0.1) is 0 Å². The molecular formula is C12H21NO2. The van der Waals surface area contributed by atoms with Crippen molar-refractivity contribution in [3.63, 3.8) is 0 Å². The van der Waals surface area contributed by atoms with Crippen molar-refractivity contribution in [2.24, 2.45) is 0 Å². The van der Waals surface area contributed by atoms with Gasteiger partial charge in [0.05, 0.1) is 18.2 Å². The molecule has 1 saturated heterocycles. The lowest BCUT2D eigenvalue weighted by Gasteiger charge is -2.49. The summed E-state index contributed by atoms with van der Waals surface area (Å²) in [6, 6.07) is 0.465. The lowest BCUT2D eigenvalue weighted by atomic mass is 9.87. The molecule has 1 heterocycles. The van der Waals surface area contributed by atoms with Crippen molar-refractivity contribution in [1.29, 1.82) is 0 Å².